The first-order valence-electron chi connectivity index (χ1n) is 8.65. The Morgan fingerprint density at radius 3 is 2.54 bits per heavy atom. The van der Waals surface area contributed by atoms with E-state index in [4.69, 9.17) is 0 Å². The van der Waals surface area contributed by atoms with Gasteiger partial charge in [0.15, 0.2) is 6.04 Å². The van der Waals surface area contributed by atoms with E-state index in [1.54, 1.807) is 21.8 Å². The Morgan fingerprint density at radius 2 is 1.88 bits per heavy atom. The molecule has 1 aromatic carbocycles. The zero-order valence-electron chi connectivity index (χ0n) is 15.6. The molecule has 0 fully saturated rings. The molecule has 26 heavy (non-hydrogen) atoms. The van der Waals surface area contributed by atoms with Crippen LogP contribution in [-0.2, 0) is 16.1 Å². The van der Waals surface area contributed by atoms with Gasteiger partial charge in [-0.3, -0.25) is 9.59 Å². The highest BCUT2D eigenvalue weighted by atomic mass is 16.2. The second-order valence-electron chi connectivity index (χ2n) is 7.55. The number of benzene rings is 1. The molecule has 2 aromatic rings. The normalized spacial score (nSPS) is 17.4. The van der Waals surface area contributed by atoms with Gasteiger partial charge in [-0.1, -0.05) is 30.3 Å². The summed E-state index contributed by atoms with van der Waals surface area (Å²) >= 11 is 0. The van der Waals surface area contributed by atoms with Gasteiger partial charge in [-0.05, 0) is 39.3 Å². The van der Waals surface area contributed by atoms with Gasteiger partial charge in [0.25, 0.3) is 0 Å². The van der Waals surface area contributed by atoms with Crippen molar-refractivity contribution < 1.29 is 9.59 Å². The number of allylic oxidation sites excluding steroid dienone is 1. The first-order valence-corrected chi connectivity index (χ1v) is 8.65. The number of amides is 2. The van der Waals surface area contributed by atoms with Gasteiger partial charge in [-0.2, -0.15) is 5.10 Å². The summed E-state index contributed by atoms with van der Waals surface area (Å²) in [5, 5.41) is 7.29. The molecule has 6 heteroatoms. The summed E-state index contributed by atoms with van der Waals surface area (Å²) in [7, 11) is 0. The average molecular weight is 352 g/mol. The van der Waals surface area contributed by atoms with Crippen LogP contribution in [0.4, 0.5) is 0 Å². The van der Waals surface area contributed by atoms with E-state index in [-0.39, 0.29) is 11.8 Å². The summed E-state index contributed by atoms with van der Waals surface area (Å²) in [6, 6.07) is 10.7. The fourth-order valence-electron chi connectivity index (χ4n) is 3.09. The van der Waals surface area contributed by atoms with Crippen molar-refractivity contribution in [3.05, 3.63) is 59.9 Å². The average Bonchev–Trinajstić information content (AvgIpc) is 2.99. The molecule has 2 heterocycles. The largest absolute Gasteiger partial charge is 0.349 e. The third-order valence-corrected chi connectivity index (χ3v) is 4.16. The van der Waals surface area contributed by atoms with Crippen LogP contribution in [0.5, 0.6) is 0 Å². The summed E-state index contributed by atoms with van der Waals surface area (Å²) in [5.74, 6) is -0.419. The first-order chi connectivity index (χ1) is 12.3. The molecule has 1 aliphatic heterocycles. The van der Waals surface area contributed by atoms with Crippen molar-refractivity contribution >= 4 is 17.5 Å². The number of rotatable bonds is 3. The lowest BCUT2D eigenvalue weighted by molar-refractivity contribution is -0.139. The highest BCUT2D eigenvalue weighted by Crippen LogP contribution is 2.29. The predicted molar refractivity (Wildman–Crippen MR) is 99.8 cm³/mol. The maximum atomic E-state index is 13.1. The maximum absolute atomic E-state index is 13.1. The molecule has 1 aliphatic rings. The molecule has 0 aliphatic carbocycles. The van der Waals surface area contributed by atoms with E-state index in [0.717, 1.165) is 5.56 Å². The number of nitrogens with one attached hydrogen (secondary N) is 1. The van der Waals surface area contributed by atoms with Crippen molar-refractivity contribution in [1.29, 1.82) is 0 Å². The number of nitrogens with zero attached hydrogens (tertiary/aromatic N) is 3. The van der Waals surface area contributed by atoms with Crippen molar-refractivity contribution in [3.8, 4) is 0 Å². The summed E-state index contributed by atoms with van der Waals surface area (Å²) in [5.41, 5.74) is 1.94. The van der Waals surface area contributed by atoms with Crippen LogP contribution < -0.4 is 5.32 Å². The Bertz CT molecular complexity index is 846. The SMILES string of the molecule is CC1=CC(=O)N(Cc2ccccc2)C(C(=O)NC(C)(C)C)c2ccnn21. The van der Waals surface area contributed by atoms with Gasteiger partial charge in [0.05, 0.1) is 5.69 Å². The molecular weight excluding hydrogens is 328 g/mol. The first kappa shape index (κ1) is 17.9. The summed E-state index contributed by atoms with van der Waals surface area (Å²) in [6.45, 7) is 7.93. The fourth-order valence-corrected chi connectivity index (χ4v) is 3.09. The predicted octanol–water partition coefficient (Wildman–Crippen LogP) is 2.74. The fraction of sp³-hybridized carbons (Fsp3) is 0.350. The van der Waals surface area contributed by atoms with Crippen LogP contribution in [0.1, 0.15) is 45.0 Å². The van der Waals surface area contributed by atoms with Gasteiger partial charge in [0.2, 0.25) is 11.8 Å². The lowest BCUT2D eigenvalue weighted by Gasteiger charge is -2.32. The molecule has 0 saturated carbocycles. The molecule has 6 nitrogen and oxygen atoms in total. The summed E-state index contributed by atoms with van der Waals surface area (Å²) < 4.78 is 1.66. The second-order valence-corrected chi connectivity index (χ2v) is 7.55. The lowest BCUT2D eigenvalue weighted by Crippen LogP contribution is -2.48. The molecule has 0 bridgehead atoms. The van der Waals surface area contributed by atoms with E-state index in [2.05, 4.69) is 10.4 Å². The third-order valence-electron chi connectivity index (χ3n) is 4.16. The van der Waals surface area contributed by atoms with Gasteiger partial charge in [-0.25, -0.2) is 4.68 Å². The molecule has 3 rings (SSSR count). The van der Waals surface area contributed by atoms with Gasteiger partial charge in [-0.15, -0.1) is 0 Å². The quantitative estimate of drug-likeness (QED) is 0.924. The highest BCUT2D eigenvalue weighted by Gasteiger charge is 2.36. The Morgan fingerprint density at radius 1 is 1.19 bits per heavy atom. The third kappa shape index (κ3) is 3.69. The maximum Gasteiger partial charge on any atom is 0.249 e. The number of hydrogen-bond donors (Lipinski definition) is 1. The number of fused-ring (bicyclic) bond motifs is 1. The molecule has 1 unspecified atom stereocenters. The molecular formula is C20H24N4O2. The molecule has 1 atom stereocenters. The molecule has 0 saturated heterocycles. The summed E-state index contributed by atoms with van der Waals surface area (Å²) in [6.07, 6.45) is 3.18. The molecule has 1 aromatic heterocycles. The van der Waals surface area contributed by atoms with E-state index in [9.17, 15) is 9.59 Å². The van der Waals surface area contributed by atoms with E-state index >= 15 is 0 Å². The Kier molecular flexibility index (Phi) is 4.68. The summed E-state index contributed by atoms with van der Waals surface area (Å²) in [4.78, 5) is 27.6. The highest BCUT2D eigenvalue weighted by molar-refractivity contribution is 5.97. The van der Waals surface area contributed by atoms with Crippen LogP contribution in [0.3, 0.4) is 0 Å². The van der Waals surface area contributed by atoms with Crippen LogP contribution in [0.15, 0.2) is 48.7 Å². The molecule has 1 N–H and O–H groups in total. The minimum absolute atomic E-state index is 0.203. The van der Waals surface area contributed by atoms with Crippen LogP contribution in [-0.4, -0.2) is 32.0 Å². The lowest BCUT2D eigenvalue weighted by atomic mass is 10.1. The van der Waals surface area contributed by atoms with Crippen LogP contribution in [0.25, 0.3) is 5.70 Å². The van der Waals surface area contributed by atoms with Crippen molar-refractivity contribution in [2.75, 3.05) is 0 Å². The Balaban J connectivity index is 2.05. The van der Waals surface area contributed by atoms with Crippen LogP contribution >= 0.6 is 0 Å². The van der Waals surface area contributed by atoms with E-state index < -0.39 is 11.6 Å². The monoisotopic (exact) mass is 352 g/mol. The van der Waals surface area contributed by atoms with Gasteiger partial charge in [0, 0.05) is 30.1 Å². The van der Waals surface area contributed by atoms with Crippen molar-refractivity contribution in [2.24, 2.45) is 0 Å². The molecule has 0 spiro atoms. The molecule has 0 radical (unpaired) electrons. The Hall–Kier alpha value is -2.89. The van der Waals surface area contributed by atoms with Gasteiger partial charge < -0.3 is 10.2 Å². The minimum atomic E-state index is -0.752. The van der Waals surface area contributed by atoms with E-state index in [1.165, 1.54) is 6.08 Å². The molecule has 136 valence electrons. The van der Waals surface area contributed by atoms with E-state index in [1.807, 2.05) is 58.0 Å². The standard InChI is InChI=1S/C20H24N4O2/c1-14-12-17(25)23(13-15-8-6-5-7-9-15)18(16-10-11-21-24(14)16)19(26)22-20(2,3)4/h5-12,18H,13H2,1-4H3,(H,22,26). The minimum Gasteiger partial charge on any atom is -0.349 e. The zero-order valence-corrected chi connectivity index (χ0v) is 15.6. The van der Waals surface area contributed by atoms with E-state index in [0.29, 0.717) is 17.9 Å². The van der Waals surface area contributed by atoms with Crippen LogP contribution in [0, 0.1) is 0 Å². The smallest absolute Gasteiger partial charge is 0.249 e. The second kappa shape index (κ2) is 6.78. The van der Waals surface area contributed by atoms with Crippen molar-refractivity contribution in [3.63, 3.8) is 0 Å². The van der Waals surface area contributed by atoms with Gasteiger partial charge in [0.1, 0.15) is 0 Å². The molecule has 2 amide bonds. The Labute approximate surface area is 153 Å². The van der Waals surface area contributed by atoms with Gasteiger partial charge >= 0.3 is 0 Å². The van der Waals surface area contributed by atoms with Crippen molar-refractivity contribution in [1.82, 2.24) is 20.0 Å². The number of carbonyl (C=O) groups excluding carboxylic acids is 2. The van der Waals surface area contributed by atoms with Crippen LogP contribution in [0.2, 0.25) is 0 Å². The number of aromatic nitrogens is 2. The topological polar surface area (TPSA) is 67.2 Å². The number of carbonyl (C=O) groups is 2. The number of hydrogen-bond acceptors (Lipinski definition) is 3. The zero-order chi connectivity index (χ0) is 18.9. The van der Waals surface area contributed by atoms with Crippen molar-refractivity contribution in [2.45, 2.75) is 45.8 Å².